The van der Waals surface area contributed by atoms with E-state index in [-0.39, 0.29) is 43.1 Å². The summed E-state index contributed by atoms with van der Waals surface area (Å²) in [4.78, 5) is 29.9. The fourth-order valence-electron chi connectivity index (χ4n) is 6.40. The molecule has 0 atom stereocenters. The fraction of sp³-hybridized carbons (Fsp3) is 0.438. The average molecular weight is 633 g/mol. The van der Waals surface area contributed by atoms with E-state index in [1.54, 1.807) is 37.4 Å². The summed E-state index contributed by atoms with van der Waals surface area (Å²) in [6.07, 6.45) is 1.97. The molecule has 0 amide bonds. The summed E-state index contributed by atoms with van der Waals surface area (Å²) in [5.74, 6) is -0.955. The molecule has 0 bridgehead atoms. The number of rotatable bonds is 7. The van der Waals surface area contributed by atoms with Crippen molar-refractivity contribution in [2.24, 2.45) is 10.8 Å². The predicted octanol–water partition coefficient (Wildman–Crippen LogP) is 7.09. The van der Waals surface area contributed by atoms with Gasteiger partial charge in [0.05, 0.1) is 16.7 Å². The number of nitrogens with zero attached hydrogens (tertiary/aromatic N) is 1. The fourth-order valence-corrected chi connectivity index (χ4v) is 8.06. The number of benzene rings is 2. The van der Waals surface area contributed by atoms with Crippen molar-refractivity contribution in [2.45, 2.75) is 64.2 Å². The summed E-state index contributed by atoms with van der Waals surface area (Å²) < 4.78 is 36.7. The maximum absolute atomic E-state index is 13.9. The molecule has 3 aliphatic rings. The van der Waals surface area contributed by atoms with Crippen LogP contribution in [0.4, 0.5) is 0 Å². The maximum atomic E-state index is 13.9. The quantitative estimate of drug-likeness (QED) is 0.301. The van der Waals surface area contributed by atoms with Crippen LogP contribution in [-0.4, -0.2) is 45.1 Å². The van der Waals surface area contributed by atoms with E-state index >= 15 is 0 Å². The van der Waals surface area contributed by atoms with Crippen molar-refractivity contribution in [3.63, 3.8) is 0 Å². The highest BCUT2D eigenvalue weighted by atomic mass is 35.5. The zero-order valence-electron chi connectivity index (χ0n) is 24.4. The van der Waals surface area contributed by atoms with Gasteiger partial charge < -0.3 is 13.8 Å². The van der Waals surface area contributed by atoms with Crippen LogP contribution < -0.4 is 4.18 Å². The van der Waals surface area contributed by atoms with Gasteiger partial charge in [0.25, 0.3) is 0 Å². The SMILES string of the molecule is COCCN1C2=C(C(=O)CC(C)(C)C2)C(c2cc(Cl)c(OS(=O)(=O)c3ccccc3)c(Cl)c2)C2=C1CC(C)(C)CC2=O. The molecule has 0 N–H and O–H groups in total. The van der Waals surface area contributed by atoms with Crippen LogP contribution in [0, 0.1) is 10.8 Å². The van der Waals surface area contributed by atoms with Gasteiger partial charge in [0, 0.05) is 55.0 Å². The Morgan fingerprint density at radius 2 is 1.36 bits per heavy atom. The van der Waals surface area contributed by atoms with Gasteiger partial charge in [-0.3, -0.25) is 9.59 Å². The number of allylic oxidation sites excluding steroid dienone is 4. The molecule has 0 aromatic heterocycles. The first-order chi connectivity index (χ1) is 19.6. The van der Waals surface area contributed by atoms with Crippen molar-refractivity contribution >= 4 is 44.9 Å². The third-order valence-corrected chi connectivity index (χ3v) is 9.92. The first-order valence-corrected chi connectivity index (χ1v) is 16.1. The second-order valence-electron chi connectivity index (χ2n) is 12.8. The van der Waals surface area contributed by atoms with Crippen molar-refractivity contribution in [3.8, 4) is 5.75 Å². The Hall–Kier alpha value is -2.65. The van der Waals surface area contributed by atoms with Crippen LogP contribution in [0.2, 0.25) is 10.0 Å². The lowest BCUT2D eigenvalue weighted by Gasteiger charge is -2.49. The second kappa shape index (κ2) is 11.1. The summed E-state index contributed by atoms with van der Waals surface area (Å²) >= 11 is 13.3. The highest BCUT2D eigenvalue weighted by Gasteiger charge is 2.49. The van der Waals surface area contributed by atoms with Crippen molar-refractivity contribution in [2.75, 3.05) is 20.3 Å². The molecule has 7 nitrogen and oxygen atoms in total. The van der Waals surface area contributed by atoms with E-state index in [2.05, 4.69) is 32.6 Å². The highest BCUT2D eigenvalue weighted by molar-refractivity contribution is 7.87. The number of Topliss-reactive ketones (excluding diaryl/α,β-unsaturated/α-hetero) is 2. The molecule has 2 aromatic carbocycles. The van der Waals surface area contributed by atoms with E-state index in [9.17, 15) is 18.0 Å². The standard InChI is InChI=1S/C32H35Cl2NO6S/c1-31(2)15-23-28(25(36)17-31)27(29-24(35(23)11-12-40-5)16-32(3,4)18-26(29)37)19-13-21(33)30(22(34)14-19)41-42(38,39)20-9-7-6-8-10-20/h6-10,13-14,27H,11-12,15-18H2,1-5H3. The van der Waals surface area contributed by atoms with E-state index in [0.29, 0.717) is 55.5 Å². The number of hydrogen-bond donors (Lipinski definition) is 0. The first-order valence-electron chi connectivity index (χ1n) is 13.9. The van der Waals surface area contributed by atoms with Crippen LogP contribution in [0.25, 0.3) is 0 Å². The van der Waals surface area contributed by atoms with Gasteiger partial charge in [-0.2, -0.15) is 8.42 Å². The molecular weight excluding hydrogens is 597 g/mol. The molecule has 0 fully saturated rings. The third kappa shape index (κ3) is 5.79. The molecule has 0 unspecified atom stereocenters. The predicted molar refractivity (Wildman–Crippen MR) is 162 cm³/mol. The molecule has 0 saturated heterocycles. The summed E-state index contributed by atoms with van der Waals surface area (Å²) in [6.45, 7) is 9.24. The monoisotopic (exact) mass is 631 g/mol. The number of halogens is 2. The van der Waals surface area contributed by atoms with Crippen LogP contribution in [-0.2, 0) is 24.4 Å². The number of ketones is 2. The Kier molecular flexibility index (Phi) is 8.16. The number of methoxy groups -OCH3 is 1. The molecular formula is C32H35Cl2NO6S. The van der Waals surface area contributed by atoms with Gasteiger partial charge in [-0.25, -0.2) is 0 Å². The van der Waals surface area contributed by atoms with Crippen LogP contribution in [0.3, 0.4) is 0 Å². The van der Waals surface area contributed by atoms with Gasteiger partial charge in [-0.1, -0.05) is 69.1 Å². The zero-order chi connectivity index (χ0) is 30.6. The van der Waals surface area contributed by atoms with E-state index in [1.165, 1.54) is 12.1 Å². The van der Waals surface area contributed by atoms with E-state index in [0.717, 1.165) is 11.4 Å². The van der Waals surface area contributed by atoms with E-state index in [4.69, 9.17) is 32.1 Å². The van der Waals surface area contributed by atoms with Gasteiger partial charge in [0.2, 0.25) is 0 Å². The summed E-state index contributed by atoms with van der Waals surface area (Å²) in [7, 11) is -2.57. The molecule has 0 spiro atoms. The molecule has 2 aliphatic carbocycles. The smallest absolute Gasteiger partial charge is 0.339 e. The minimum absolute atomic E-state index is 0.0305. The Morgan fingerprint density at radius 3 is 1.83 bits per heavy atom. The lowest BCUT2D eigenvalue weighted by Crippen LogP contribution is -2.45. The van der Waals surface area contributed by atoms with Crippen molar-refractivity contribution in [1.29, 1.82) is 0 Å². The second-order valence-corrected chi connectivity index (χ2v) is 15.2. The molecule has 42 heavy (non-hydrogen) atoms. The average Bonchev–Trinajstić information content (AvgIpc) is 2.88. The van der Waals surface area contributed by atoms with Crippen LogP contribution in [0.15, 0.2) is 69.9 Å². The Balaban J connectivity index is 1.68. The Morgan fingerprint density at radius 1 is 0.857 bits per heavy atom. The van der Waals surface area contributed by atoms with E-state index < -0.39 is 16.0 Å². The molecule has 0 radical (unpaired) electrons. The largest absolute Gasteiger partial charge is 0.383 e. The van der Waals surface area contributed by atoms with Crippen molar-refractivity contribution in [1.82, 2.24) is 4.90 Å². The highest BCUT2D eigenvalue weighted by Crippen LogP contribution is 2.55. The summed E-state index contributed by atoms with van der Waals surface area (Å²) in [5, 5.41) is -0.0643. The van der Waals surface area contributed by atoms with Gasteiger partial charge in [0.1, 0.15) is 4.90 Å². The molecule has 224 valence electrons. The third-order valence-electron chi connectivity index (χ3n) is 8.12. The zero-order valence-corrected chi connectivity index (χ0v) is 26.8. The maximum Gasteiger partial charge on any atom is 0.339 e. The lowest BCUT2D eigenvalue weighted by molar-refractivity contribution is -0.119. The first kappa shape index (κ1) is 30.8. The topological polar surface area (TPSA) is 90.0 Å². The molecule has 2 aromatic rings. The van der Waals surface area contributed by atoms with Gasteiger partial charge >= 0.3 is 10.1 Å². The normalized spacial score (nSPS) is 20.5. The Bertz CT molecular complexity index is 1550. The molecule has 0 saturated carbocycles. The van der Waals surface area contributed by atoms with E-state index in [1.807, 2.05) is 0 Å². The number of carbonyl (C=O) groups is 2. The minimum atomic E-state index is -4.21. The summed E-state index contributed by atoms with van der Waals surface area (Å²) in [5.41, 5.74) is 2.92. The van der Waals surface area contributed by atoms with Crippen LogP contribution >= 0.6 is 23.2 Å². The molecule has 1 aliphatic heterocycles. The molecule has 1 heterocycles. The number of ether oxygens (including phenoxy) is 1. The minimum Gasteiger partial charge on any atom is -0.383 e. The van der Waals surface area contributed by atoms with Crippen molar-refractivity contribution in [3.05, 3.63) is 80.6 Å². The number of carbonyl (C=O) groups excluding carboxylic acids is 2. The molecule has 10 heteroatoms. The Labute approximate surface area is 257 Å². The van der Waals surface area contributed by atoms with Gasteiger partial charge in [-0.05, 0) is 53.5 Å². The van der Waals surface area contributed by atoms with Gasteiger partial charge in [-0.15, -0.1) is 0 Å². The van der Waals surface area contributed by atoms with Gasteiger partial charge in [0.15, 0.2) is 17.3 Å². The van der Waals surface area contributed by atoms with Crippen LogP contribution in [0.5, 0.6) is 5.75 Å². The number of hydrogen-bond acceptors (Lipinski definition) is 7. The lowest BCUT2D eigenvalue weighted by atomic mass is 9.63. The molecule has 5 rings (SSSR count). The summed E-state index contributed by atoms with van der Waals surface area (Å²) in [6, 6.07) is 10.8. The van der Waals surface area contributed by atoms with Crippen molar-refractivity contribution < 1.29 is 26.9 Å². The van der Waals surface area contributed by atoms with Crippen LogP contribution in [0.1, 0.15) is 64.9 Å².